The Bertz CT molecular complexity index is 688. The van der Waals surface area contributed by atoms with E-state index in [0.29, 0.717) is 11.6 Å². The number of aromatic nitrogens is 3. The lowest BCUT2D eigenvalue weighted by molar-refractivity contribution is 0.767. The normalized spacial score (nSPS) is 11.0. The van der Waals surface area contributed by atoms with Crippen LogP contribution in [0.3, 0.4) is 0 Å². The molecule has 92 valence electrons. The van der Waals surface area contributed by atoms with Crippen molar-refractivity contribution in [3.63, 3.8) is 0 Å². The molecule has 2 heterocycles. The lowest BCUT2D eigenvalue weighted by Gasteiger charge is -2.07. The van der Waals surface area contributed by atoms with Crippen molar-refractivity contribution >= 4 is 38.8 Å². The molecule has 1 aromatic carbocycles. The van der Waals surface area contributed by atoms with Gasteiger partial charge in [0.05, 0.1) is 27.1 Å². The van der Waals surface area contributed by atoms with Crippen molar-refractivity contribution in [1.29, 1.82) is 0 Å². The highest BCUT2D eigenvalue weighted by atomic mass is 35.5. The number of nitrogens with zero attached hydrogens (tertiary/aromatic N) is 3. The van der Waals surface area contributed by atoms with Gasteiger partial charge in [-0.15, -0.1) is 11.3 Å². The number of rotatable bonds is 3. The number of fused-ring (bicyclic) bond motifs is 1. The van der Waals surface area contributed by atoms with Crippen LogP contribution in [0.4, 0.5) is 5.69 Å². The Morgan fingerprint density at radius 3 is 3.11 bits per heavy atom. The Balaban J connectivity index is 1.89. The zero-order valence-electron chi connectivity index (χ0n) is 9.72. The van der Waals surface area contributed by atoms with Crippen molar-refractivity contribution in [3.8, 4) is 0 Å². The Kier molecular flexibility index (Phi) is 2.93. The maximum atomic E-state index is 6.21. The molecule has 0 unspecified atom stereocenters. The van der Waals surface area contributed by atoms with Crippen molar-refractivity contribution in [2.24, 2.45) is 7.05 Å². The first-order valence-electron chi connectivity index (χ1n) is 5.47. The number of anilines is 1. The Morgan fingerprint density at radius 1 is 1.44 bits per heavy atom. The SMILES string of the molecule is Cn1cc(CNc2c(Cl)ccc3scnc23)cn1. The first kappa shape index (κ1) is 11.5. The molecule has 0 spiro atoms. The molecule has 18 heavy (non-hydrogen) atoms. The van der Waals surface area contributed by atoms with Crippen molar-refractivity contribution in [2.45, 2.75) is 6.54 Å². The van der Waals surface area contributed by atoms with Crippen LogP contribution in [-0.2, 0) is 13.6 Å². The maximum Gasteiger partial charge on any atom is 0.106 e. The van der Waals surface area contributed by atoms with Crippen LogP contribution in [0.25, 0.3) is 10.2 Å². The highest BCUT2D eigenvalue weighted by Crippen LogP contribution is 2.32. The van der Waals surface area contributed by atoms with Crippen molar-refractivity contribution in [1.82, 2.24) is 14.8 Å². The molecule has 0 aliphatic heterocycles. The summed E-state index contributed by atoms with van der Waals surface area (Å²) in [5, 5.41) is 8.16. The smallest absolute Gasteiger partial charge is 0.106 e. The van der Waals surface area contributed by atoms with Crippen LogP contribution in [0.15, 0.2) is 30.0 Å². The third-order valence-corrected chi connectivity index (χ3v) is 3.79. The van der Waals surface area contributed by atoms with E-state index in [1.807, 2.05) is 37.1 Å². The molecule has 0 aliphatic carbocycles. The first-order valence-corrected chi connectivity index (χ1v) is 6.73. The van der Waals surface area contributed by atoms with Gasteiger partial charge in [0, 0.05) is 25.4 Å². The Morgan fingerprint density at radius 2 is 2.33 bits per heavy atom. The zero-order chi connectivity index (χ0) is 12.5. The Labute approximate surface area is 113 Å². The second kappa shape index (κ2) is 4.59. The quantitative estimate of drug-likeness (QED) is 0.799. The van der Waals surface area contributed by atoms with Crippen LogP contribution < -0.4 is 5.32 Å². The molecule has 0 amide bonds. The number of thiazole rings is 1. The summed E-state index contributed by atoms with van der Waals surface area (Å²) in [5.41, 5.74) is 4.76. The summed E-state index contributed by atoms with van der Waals surface area (Å²) in [6.45, 7) is 0.685. The number of nitrogens with one attached hydrogen (secondary N) is 1. The molecule has 0 aliphatic rings. The zero-order valence-corrected chi connectivity index (χ0v) is 11.3. The number of hydrogen-bond donors (Lipinski definition) is 1. The van der Waals surface area contributed by atoms with Crippen LogP contribution in [0.1, 0.15) is 5.56 Å². The van der Waals surface area contributed by atoms with Gasteiger partial charge in [0.25, 0.3) is 0 Å². The minimum Gasteiger partial charge on any atom is -0.378 e. The number of benzene rings is 1. The Hall–Kier alpha value is -1.59. The monoisotopic (exact) mass is 278 g/mol. The molecule has 0 atom stereocenters. The van der Waals surface area contributed by atoms with Gasteiger partial charge in [-0.3, -0.25) is 4.68 Å². The fraction of sp³-hybridized carbons (Fsp3) is 0.167. The highest BCUT2D eigenvalue weighted by Gasteiger charge is 2.08. The van der Waals surface area contributed by atoms with E-state index in [-0.39, 0.29) is 0 Å². The van der Waals surface area contributed by atoms with Gasteiger partial charge < -0.3 is 5.32 Å². The van der Waals surface area contributed by atoms with E-state index in [1.165, 1.54) is 0 Å². The summed E-state index contributed by atoms with van der Waals surface area (Å²) >= 11 is 7.82. The van der Waals surface area contributed by atoms with Gasteiger partial charge in [0.15, 0.2) is 0 Å². The molecule has 0 saturated carbocycles. The van der Waals surface area contributed by atoms with Gasteiger partial charge >= 0.3 is 0 Å². The van der Waals surface area contributed by atoms with E-state index in [4.69, 9.17) is 11.6 Å². The van der Waals surface area contributed by atoms with Crippen LogP contribution in [-0.4, -0.2) is 14.8 Å². The molecular weight excluding hydrogens is 268 g/mol. The largest absolute Gasteiger partial charge is 0.378 e. The second-order valence-electron chi connectivity index (χ2n) is 4.00. The molecule has 0 bridgehead atoms. The lowest BCUT2D eigenvalue weighted by atomic mass is 10.2. The summed E-state index contributed by atoms with van der Waals surface area (Å²) in [7, 11) is 1.90. The predicted molar refractivity (Wildman–Crippen MR) is 75.2 cm³/mol. The second-order valence-corrected chi connectivity index (χ2v) is 5.29. The van der Waals surface area contributed by atoms with E-state index in [2.05, 4.69) is 15.4 Å². The van der Waals surface area contributed by atoms with Crippen LogP contribution in [0.5, 0.6) is 0 Å². The molecule has 6 heteroatoms. The standard InChI is InChI=1S/C12H11ClN4S/c1-17-6-8(5-16-17)4-14-11-9(13)2-3-10-12(11)15-7-18-10/h2-3,5-7,14H,4H2,1H3. The summed E-state index contributed by atoms with van der Waals surface area (Å²) in [6.07, 6.45) is 3.81. The highest BCUT2D eigenvalue weighted by molar-refractivity contribution is 7.16. The van der Waals surface area contributed by atoms with Crippen LogP contribution >= 0.6 is 22.9 Å². The molecule has 2 aromatic heterocycles. The van der Waals surface area contributed by atoms with E-state index in [0.717, 1.165) is 21.5 Å². The minimum atomic E-state index is 0.685. The van der Waals surface area contributed by atoms with Crippen molar-refractivity contribution in [3.05, 3.63) is 40.6 Å². The van der Waals surface area contributed by atoms with E-state index >= 15 is 0 Å². The van der Waals surface area contributed by atoms with Gasteiger partial charge in [-0.05, 0) is 12.1 Å². The summed E-state index contributed by atoms with van der Waals surface area (Å²) in [6, 6.07) is 3.89. The fourth-order valence-corrected chi connectivity index (χ4v) is 2.73. The molecule has 1 N–H and O–H groups in total. The predicted octanol–water partition coefficient (Wildman–Crippen LogP) is 3.30. The average molecular weight is 279 g/mol. The van der Waals surface area contributed by atoms with Gasteiger partial charge in [-0.25, -0.2) is 4.98 Å². The summed E-state index contributed by atoms with van der Waals surface area (Å²) in [4.78, 5) is 4.35. The minimum absolute atomic E-state index is 0.685. The van der Waals surface area contributed by atoms with Crippen molar-refractivity contribution in [2.75, 3.05) is 5.32 Å². The third kappa shape index (κ3) is 2.07. The molecule has 3 rings (SSSR count). The number of halogens is 1. The molecular formula is C12H11ClN4S. The van der Waals surface area contributed by atoms with Crippen molar-refractivity contribution < 1.29 is 0 Å². The molecule has 3 aromatic rings. The number of aryl methyl sites for hydroxylation is 1. The molecule has 4 nitrogen and oxygen atoms in total. The van der Waals surface area contributed by atoms with Crippen LogP contribution in [0.2, 0.25) is 5.02 Å². The molecule has 0 fully saturated rings. The van der Waals surface area contributed by atoms with Gasteiger partial charge in [-0.2, -0.15) is 5.10 Å². The third-order valence-electron chi connectivity index (χ3n) is 2.68. The van der Waals surface area contributed by atoms with E-state index in [9.17, 15) is 0 Å². The summed E-state index contributed by atoms with van der Waals surface area (Å²) in [5.74, 6) is 0. The van der Waals surface area contributed by atoms with Crippen LogP contribution in [0, 0.1) is 0 Å². The average Bonchev–Trinajstić information content (AvgIpc) is 2.96. The fourth-order valence-electron chi connectivity index (χ4n) is 1.83. The van der Waals surface area contributed by atoms with E-state index in [1.54, 1.807) is 16.0 Å². The van der Waals surface area contributed by atoms with Gasteiger partial charge in [0.1, 0.15) is 5.52 Å². The summed E-state index contributed by atoms with van der Waals surface area (Å²) < 4.78 is 2.91. The van der Waals surface area contributed by atoms with E-state index < -0.39 is 0 Å². The first-order chi connectivity index (χ1) is 8.74. The maximum absolute atomic E-state index is 6.21. The van der Waals surface area contributed by atoms with Gasteiger partial charge in [0.2, 0.25) is 0 Å². The number of hydrogen-bond acceptors (Lipinski definition) is 4. The lowest BCUT2D eigenvalue weighted by Crippen LogP contribution is -1.99. The van der Waals surface area contributed by atoms with Gasteiger partial charge in [-0.1, -0.05) is 11.6 Å². The topological polar surface area (TPSA) is 42.7 Å². The molecule has 0 saturated heterocycles. The molecule has 0 radical (unpaired) electrons.